The summed E-state index contributed by atoms with van der Waals surface area (Å²) in [7, 11) is 0. The summed E-state index contributed by atoms with van der Waals surface area (Å²) in [6, 6.07) is 40.3. The van der Waals surface area contributed by atoms with Crippen LogP contribution >= 0.6 is 0 Å². The SMILES string of the molecule is CC(=O)c1ccc2c(c1)c1ccccc1n2-c1cccc(-n2c3ccccc3c3ccccc32)c1. The number of hydrogen-bond donors (Lipinski definition) is 0. The van der Waals surface area contributed by atoms with Crippen LogP contribution in [0.5, 0.6) is 0 Å². The van der Waals surface area contributed by atoms with Gasteiger partial charge >= 0.3 is 0 Å². The number of para-hydroxylation sites is 3. The molecule has 7 aromatic rings. The van der Waals surface area contributed by atoms with Crippen LogP contribution in [0.1, 0.15) is 17.3 Å². The first kappa shape index (κ1) is 19.8. The molecule has 0 unspecified atom stereocenters. The molecule has 0 aliphatic carbocycles. The van der Waals surface area contributed by atoms with Crippen molar-refractivity contribution in [3.8, 4) is 11.4 Å². The average Bonchev–Trinajstić information content (AvgIpc) is 3.41. The monoisotopic (exact) mass is 450 g/mol. The van der Waals surface area contributed by atoms with Crippen molar-refractivity contribution in [3.05, 3.63) is 121 Å². The molecule has 5 aromatic carbocycles. The molecule has 0 amide bonds. The van der Waals surface area contributed by atoms with E-state index >= 15 is 0 Å². The Balaban J connectivity index is 1.53. The zero-order valence-electron chi connectivity index (χ0n) is 19.3. The van der Waals surface area contributed by atoms with E-state index in [2.05, 4.69) is 112 Å². The molecule has 3 heteroatoms. The van der Waals surface area contributed by atoms with Crippen molar-refractivity contribution < 1.29 is 4.79 Å². The minimum atomic E-state index is 0.0806. The van der Waals surface area contributed by atoms with Crippen LogP contribution in [0.15, 0.2) is 115 Å². The zero-order valence-corrected chi connectivity index (χ0v) is 19.3. The zero-order chi connectivity index (χ0) is 23.5. The highest BCUT2D eigenvalue weighted by atomic mass is 16.1. The third kappa shape index (κ3) is 2.88. The second-order valence-electron chi connectivity index (χ2n) is 9.03. The van der Waals surface area contributed by atoms with Crippen LogP contribution < -0.4 is 0 Å². The maximum absolute atomic E-state index is 12.1. The van der Waals surface area contributed by atoms with Crippen molar-refractivity contribution in [3.63, 3.8) is 0 Å². The number of nitrogens with zero attached hydrogens (tertiary/aromatic N) is 2. The van der Waals surface area contributed by atoms with Gasteiger partial charge in [0.2, 0.25) is 0 Å². The van der Waals surface area contributed by atoms with Crippen LogP contribution in [-0.4, -0.2) is 14.9 Å². The van der Waals surface area contributed by atoms with Gasteiger partial charge in [0.15, 0.2) is 5.78 Å². The Kier molecular flexibility index (Phi) is 4.21. The molecule has 3 nitrogen and oxygen atoms in total. The smallest absolute Gasteiger partial charge is 0.159 e. The molecule has 0 atom stereocenters. The molecule has 0 saturated carbocycles. The third-order valence-electron chi connectivity index (χ3n) is 7.01. The van der Waals surface area contributed by atoms with E-state index in [0.29, 0.717) is 0 Å². The van der Waals surface area contributed by atoms with Gasteiger partial charge < -0.3 is 9.13 Å². The van der Waals surface area contributed by atoms with Crippen molar-refractivity contribution in [2.75, 3.05) is 0 Å². The Labute approximate surface area is 202 Å². The quantitative estimate of drug-likeness (QED) is 0.250. The van der Waals surface area contributed by atoms with Crippen molar-refractivity contribution >= 4 is 49.4 Å². The second-order valence-corrected chi connectivity index (χ2v) is 9.03. The molecule has 2 heterocycles. The summed E-state index contributed by atoms with van der Waals surface area (Å²) < 4.78 is 4.64. The number of fused-ring (bicyclic) bond motifs is 6. The molecule has 0 saturated heterocycles. The lowest BCUT2D eigenvalue weighted by atomic mass is 10.1. The molecular formula is C32H22N2O. The molecule has 7 rings (SSSR count). The summed E-state index contributed by atoms with van der Waals surface area (Å²) in [6.07, 6.45) is 0. The van der Waals surface area contributed by atoms with Gasteiger partial charge in [-0.2, -0.15) is 0 Å². The first-order valence-electron chi connectivity index (χ1n) is 11.8. The third-order valence-corrected chi connectivity index (χ3v) is 7.01. The van der Waals surface area contributed by atoms with E-state index < -0.39 is 0 Å². The molecule has 0 aliphatic heterocycles. The predicted octanol–water partition coefficient (Wildman–Crippen LogP) is 8.08. The number of rotatable bonds is 3. The average molecular weight is 451 g/mol. The Morgan fingerprint density at radius 3 is 1.46 bits per heavy atom. The van der Waals surface area contributed by atoms with Gasteiger partial charge in [0.1, 0.15) is 0 Å². The summed E-state index contributed by atoms with van der Waals surface area (Å²) >= 11 is 0. The van der Waals surface area contributed by atoms with E-state index in [1.807, 2.05) is 12.1 Å². The summed E-state index contributed by atoms with van der Waals surface area (Å²) in [4.78, 5) is 12.1. The molecule has 0 spiro atoms. The van der Waals surface area contributed by atoms with Crippen LogP contribution in [0, 0.1) is 0 Å². The van der Waals surface area contributed by atoms with Crippen LogP contribution in [0.3, 0.4) is 0 Å². The number of ketones is 1. The first-order valence-corrected chi connectivity index (χ1v) is 11.8. The van der Waals surface area contributed by atoms with Gasteiger partial charge in [-0.05, 0) is 61.5 Å². The van der Waals surface area contributed by atoms with Gasteiger partial charge in [-0.15, -0.1) is 0 Å². The number of benzene rings is 5. The van der Waals surface area contributed by atoms with E-state index in [1.54, 1.807) is 6.92 Å². The lowest BCUT2D eigenvalue weighted by Crippen LogP contribution is -1.98. The minimum Gasteiger partial charge on any atom is -0.309 e. The Hall–Kier alpha value is -4.63. The van der Waals surface area contributed by atoms with Gasteiger partial charge in [0, 0.05) is 38.5 Å². The summed E-state index contributed by atoms with van der Waals surface area (Å²) in [5.41, 5.74) is 7.55. The van der Waals surface area contributed by atoms with Crippen LogP contribution in [0.2, 0.25) is 0 Å². The maximum atomic E-state index is 12.1. The van der Waals surface area contributed by atoms with Crippen molar-refractivity contribution in [2.24, 2.45) is 0 Å². The van der Waals surface area contributed by atoms with Crippen LogP contribution in [-0.2, 0) is 0 Å². The molecule has 2 aromatic heterocycles. The highest BCUT2D eigenvalue weighted by Crippen LogP contribution is 2.35. The predicted molar refractivity (Wildman–Crippen MR) is 145 cm³/mol. The van der Waals surface area contributed by atoms with E-state index in [9.17, 15) is 4.79 Å². The van der Waals surface area contributed by atoms with E-state index in [0.717, 1.165) is 38.7 Å². The minimum absolute atomic E-state index is 0.0806. The maximum Gasteiger partial charge on any atom is 0.159 e. The first-order chi connectivity index (χ1) is 17.2. The van der Waals surface area contributed by atoms with Gasteiger partial charge in [-0.1, -0.05) is 60.7 Å². The molecule has 35 heavy (non-hydrogen) atoms. The fourth-order valence-electron chi connectivity index (χ4n) is 5.44. The van der Waals surface area contributed by atoms with Gasteiger partial charge in [0.25, 0.3) is 0 Å². The number of aromatic nitrogens is 2. The van der Waals surface area contributed by atoms with Gasteiger partial charge in [0.05, 0.1) is 22.1 Å². The Morgan fingerprint density at radius 1 is 0.486 bits per heavy atom. The molecule has 0 N–H and O–H groups in total. The topological polar surface area (TPSA) is 26.9 Å². The van der Waals surface area contributed by atoms with Gasteiger partial charge in [-0.3, -0.25) is 4.79 Å². The van der Waals surface area contributed by atoms with E-state index in [4.69, 9.17) is 0 Å². The fourth-order valence-corrected chi connectivity index (χ4v) is 5.44. The van der Waals surface area contributed by atoms with Gasteiger partial charge in [-0.25, -0.2) is 0 Å². The lowest BCUT2D eigenvalue weighted by Gasteiger charge is -2.12. The molecule has 0 bridgehead atoms. The standard InChI is InChI=1S/C32H22N2O/c1-21(35)22-17-18-32-28(19-22)27-13-4-7-16-31(27)34(32)24-10-8-9-23(20-24)33-29-14-5-2-11-25(29)26-12-3-6-15-30(26)33/h2-20H,1H3. The lowest BCUT2D eigenvalue weighted by molar-refractivity contribution is 0.101. The van der Waals surface area contributed by atoms with Crippen LogP contribution in [0.25, 0.3) is 55.0 Å². The number of Topliss-reactive ketones (excluding diaryl/α,β-unsaturated/α-hetero) is 1. The number of carbonyl (C=O) groups is 1. The fraction of sp³-hybridized carbons (Fsp3) is 0.0312. The molecule has 0 fully saturated rings. The Bertz CT molecular complexity index is 1880. The molecule has 166 valence electrons. The summed E-state index contributed by atoms with van der Waals surface area (Å²) in [5.74, 6) is 0.0806. The van der Waals surface area contributed by atoms with Crippen molar-refractivity contribution in [1.82, 2.24) is 9.13 Å². The van der Waals surface area contributed by atoms with Crippen LogP contribution in [0.4, 0.5) is 0 Å². The normalized spacial score (nSPS) is 11.7. The Morgan fingerprint density at radius 2 is 0.943 bits per heavy atom. The summed E-state index contributed by atoms with van der Waals surface area (Å²) in [6.45, 7) is 1.62. The highest BCUT2D eigenvalue weighted by molar-refractivity contribution is 6.12. The number of hydrogen-bond acceptors (Lipinski definition) is 1. The van der Waals surface area contributed by atoms with Crippen molar-refractivity contribution in [2.45, 2.75) is 6.92 Å². The molecular weight excluding hydrogens is 428 g/mol. The van der Waals surface area contributed by atoms with Crippen molar-refractivity contribution in [1.29, 1.82) is 0 Å². The number of carbonyl (C=O) groups excluding carboxylic acids is 1. The van der Waals surface area contributed by atoms with E-state index in [1.165, 1.54) is 21.8 Å². The van der Waals surface area contributed by atoms with E-state index in [-0.39, 0.29) is 5.78 Å². The molecule has 0 aliphatic rings. The second kappa shape index (κ2) is 7.44. The highest BCUT2D eigenvalue weighted by Gasteiger charge is 2.16. The molecule has 0 radical (unpaired) electrons. The largest absolute Gasteiger partial charge is 0.309 e. The summed E-state index contributed by atoms with van der Waals surface area (Å²) in [5, 5.41) is 4.74.